The van der Waals surface area contributed by atoms with Crippen LogP contribution in [0.15, 0.2) is 0 Å². The Morgan fingerprint density at radius 3 is 2.57 bits per heavy atom. The fraction of sp³-hybridized carbons (Fsp3) is 0.900. The zero-order valence-electron chi connectivity index (χ0n) is 8.38. The van der Waals surface area contributed by atoms with Gasteiger partial charge in [-0.05, 0) is 25.2 Å². The van der Waals surface area contributed by atoms with E-state index in [1.807, 2.05) is 0 Å². The Kier molecular flexibility index (Phi) is 5.59. The van der Waals surface area contributed by atoms with Gasteiger partial charge in [0.05, 0.1) is 0 Å². The summed E-state index contributed by atoms with van der Waals surface area (Å²) in [5.41, 5.74) is 5.07. The lowest BCUT2D eigenvalue weighted by molar-refractivity contribution is 0.0529. The van der Waals surface area contributed by atoms with Gasteiger partial charge in [0.2, 0.25) is 0 Å². The maximum Gasteiger partial charge on any atom is 0.404 e. The molecule has 1 aliphatic carbocycles. The molecule has 0 aromatic rings. The summed E-state index contributed by atoms with van der Waals surface area (Å²) in [6, 6.07) is 0. The molecule has 0 radical (unpaired) electrons. The fourth-order valence-corrected chi connectivity index (χ4v) is 2.77. The van der Waals surface area contributed by atoms with E-state index < -0.39 is 6.09 Å². The molecule has 0 aromatic heterocycles. The van der Waals surface area contributed by atoms with E-state index in [0.717, 1.165) is 10.8 Å². The van der Waals surface area contributed by atoms with Crippen molar-refractivity contribution in [3.63, 3.8) is 0 Å². The highest BCUT2D eigenvalue weighted by molar-refractivity contribution is 14.1. The number of hydrogen-bond acceptors (Lipinski definition) is 2. The second kappa shape index (κ2) is 6.48. The topological polar surface area (TPSA) is 52.3 Å². The van der Waals surface area contributed by atoms with Crippen molar-refractivity contribution >= 4 is 28.7 Å². The van der Waals surface area contributed by atoms with Crippen molar-refractivity contribution in [3.8, 4) is 0 Å². The summed E-state index contributed by atoms with van der Waals surface area (Å²) in [5, 5.41) is 0. The largest absolute Gasteiger partial charge is 0.446 e. The number of halogens is 1. The van der Waals surface area contributed by atoms with Crippen molar-refractivity contribution in [2.24, 2.45) is 11.7 Å². The zero-order valence-corrected chi connectivity index (χ0v) is 10.5. The molecule has 1 fully saturated rings. The van der Waals surface area contributed by atoms with E-state index in [-0.39, 0.29) is 6.10 Å². The number of carbonyl (C=O) groups excluding carboxylic acids is 1. The Morgan fingerprint density at radius 1 is 1.43 bits per heavy atom. The third-order valence-electron chi connectivity index (χ3n) is 2.84. The van der Waals surface area contributed by atoms with E-state index in [9.17, 15) is 4.79 Å². The lowest BCUT2D eigenvalue weighted by Crippen LogP contribution is -2.31. The molecule has 0 saturated heterocycles. The summed E-state index contributed by atoms with van der Waals surface area (Å²) >= 11 is 2.31. The van der Waals surface area contributed by atoms with Crippen molar-refractivity contribution in [1.82, 2.24) is 0 Å². The van der Waals surface area contributed by atoms with E-state index in [2.05, 4.69) is 22.6 Å². The van der Waals surface area contributed by atoms with Gasteiger partial charge in [-0.25, -0.2) is 4.79 Å². The van der Waals surface area contributed by atoms with Crippen molar-refractivity contribution in [2.45, 2.75) is 44.6 Å². The Morgan fingerprint density at radius 2 is 2.07 bits per heavy atom. The van der Waals surface area contributed by atoms with E-state index in [0.29, 0.717) is 5.92 Å². The third kappa shape index (κ3) is 4.02. The highest BCUT2D eigenvalue weighted by Crippen LogP contribution is 2.29. The van der Waals surface area contributed by atoms with Crippen LogP contribution >= 0.6 is 22.6 Å². The minimum Gasteiger partial charge on any atom is -0.446 e. The molecule has 1 aliphatic rings. The molecule has 14 heavy (non-hydrogen) atoms. The quantitative estimate of drug-likeness (QED) is 0.641. The van der Waals surface area contributed by atoms with Crippen LogP contribution in [-0.4, -0.2) is 16.6 Å². The van der Waals surface area contributed by atoms with Crippen molar-refractivity contribution in [3.05, 3.63) is 0 Å². The average Bonchev–Trinajstić information content (AvgIpc) is 2.18. The van der Waals surface area contributed by atoms with Crippen LogP contribution in [0.1, 0.15) is 38.5 Å². The smallest absolute Gasteiger partial charge is 0.404 e. The molecule has 1 rings (SSSR count). The molecule has 2 N–H and O–H groups in total. The average molecular weight is 311 g/mol. The summed E-state index contributed by atoms with van der Waals surface area (Å²) in [7, 11) is 0. The highest BCUT2D eigenvalue weighted by atomic mass is 127. The van der Waals surface area contributed by atoms with Gasteiger partial charge < -0.3 is 10.5 Å². The number of carbonyl (C=O) groups is 1. The van der Waals surface area contributed by atoms with Crippen LogP contribution < -0.4 is 5.73 Å². The standard InChI is InChI=1S/C10H18INO2/c11-7-6-9(14-10(12)13)8-4-2-1-3-5-8/h8-9H,1-7H2,(H2,12,13)/t9-/m0/s1. The Bertz CT molecular complexity index is 181. The molecule has 1 amide bonds. The number of rotatable bonds is 4. The Hall–Kier alpha value is 0. The first-order chi connectivity index (χ1) is 6.74. The number of ether oxygens (including phenoxy) is 1. The van der Waals surface area contributed by atoms with Crippen molar-refractivity contribution < 1.29 is 9.53 Å². The molecule has 4 heteroatoms. The molecule has 1 saturated carbocycles. The van der Waals surface area contributed by atoms with Crippen molar-refractivity contribution in [2.75, 3.05) is 4.43 Å². The predicted molar refractivity (Wildman–Crippen MR) is 64.5 cm³/mol. The summed E-state index contributed by atoms with van der Waals surface area (Å²) in [5.74, 6) is 0.547. The molecule has 0 heterocycles. The second-order valence-electron chi connectivity index (χ2n) is 3.85. The van der Waals surface area contributed by atoms with Gasteiger partial charge in [-0.2, -0.15) is 0 Å². The van der Waals surface area contributed by atoms with Gasteiger partial charge in [0, 0.05) is 4.43 Å². The van der Waals surface area contributed by atoms with Crippen molar-refractivity contribution in [1.29, 1.82) is 0 Å². The first-order valence-corrected chi connectivity index (χ1v) is 6.78. The number of hydrogen-bond donors (Lipinski definition) is 1. The van der Waals surface area contributed by atoms with Gasteiger partial charge in [-0.15, -0.1) is 0 Å². The minimum absolute atomic E-state index is 0.0599. The van der Waals surface area contributed by atoms with Crippen LogP contribution in [0.4, 0.5) is 4.79 Å². The SMILES string of the molecule is NC(=O)O[C@@H](CCI)C1CCCCC1. The number of alkyl halides is 1. The number of amides is 1. The molecule has 82 valence electrons. The minimum atomic E-state index is -0.620. The summed E-state index contributed by atoms with van der Waals surface area (Å²) in [6.07, 6.45) is 6.62. The van der Waals surface area contributed by atoms with E-state index in [1.54, 1.807) is 0 Å². The normalized spacial score (nSPS) is 20.4. The summed E-state index contributed by atoms with van der Waals surface area (Å²) in [6.45, 7) is 0. The monoisotopic (exact) mass is 311 g/mol. The maximum atomic E-state index is 10.7. The third-order valence-corrected chi connectivity index (χ3v) is 3.46. The van der Waals surface area contributed by atoms with Crippen LogP contribution in [0.3, 0.4) is 0 Å². The van der Waals surface area contributed by atoms with Gasteiger partial charge in [-0.3, -0.25) is 0 Å². The molecule has 1 atom stereocenters. The fourth-order valence-electron chi connectivity index (χ4n) is 2.15. The van der Waals surface area contributed by atoms with Gasteiger partial charge in [0.15, 0.2) is 0 Å². The molecular formula is C10H18INO2. The molecule has 0 spiro atoms. The first kappa shape index (κ1) is 12.1. The zero-order chi connectivity index (χ0) is 10.4. The molecule has 0 aliphatic heterocycles. The van der Waals surface area contributed by atoms with Crippen LogP contribution in [-0.2, 0) is 4.74 Å². The van der Waals surface area contributed by atoms with Crippen LogP contribution in [0.25, 0.3) is 0 Å². The Balaban J connectivity index is 2.42. The van der Waals surface area contributed by atoms with Gasteiger partial charge >= 0.3 is 6.09 Å². The van der Waals surface area contributed by atoms with Crippen LogP contribution in [0.2, 0.25) is 0 Å². The lowest BCUT2D eigenvalue weighted by atomic mass is 9.84. The second-order valence-corrected chi connectivity index (χ2v) is 4.93. The maximum absolute atomic E-state index is 10.7. The van der Waals surface area contributed by atoms with Gasteiger partial charge in [0.25, 0.3) is 0 Å². The molecule has 0 aromatic carbocycles. The van der Waals surface area contributed by atoms with E-state index in [4.69, 9.17) is 10.5 Å². The van der Waals surface area contributed by atoms with E-state index >= 15 is 0 Å². The summed E-state index contributed by atoms with van der Waals surface area (Å²) in [4.78, 5) is 10.7. The molecule has 0 unspecified atom stereocenters. The number of primary amides is 1. The first-order valence-electron chi connectivity index (χ1n) is 5.26. The molecule has 0 bridgehead atoms. The predicted octanol–water partition coefficient (Wildman–Crippen LogP) is 2.86. The molecular weight excluding hydrogens is 293 g/mol. The van der Waals surface area contributed by atoms with Crippen LogP contribution in [0.5, 0.6) is 0 Å². The summed E-state index contributed by atoms with van der Waals surface area (Å²) < 4.78 is 6.18. The highest BCUT2D eigenvalue weighted by Gasteiger charge is 2.25. The molecule has 3 nitrogen and oxygen atoms in total. The van der Waals surface area contributed by atoms with Gasteiger partial charge in [0.1, 0.15) is 6.10 Å². The lowest BCUT2D eigenvalue weighted by Gasteiger charge is -2.29. The number of nitrogens with two attached hydrogens (primary N) is 1. The Labute approximate surface area is 98.9 Å². The van der Waals surface area contributed by atoms with Gasteiger partial charge in [-0.1, -0.05) is 41.9 Å². The van der Waals surface area contributed by atoms with Crippen LogP contribution in [0, 0.1) is 5.92 Å². The van der Waals surface area contributed by atoms with E-state index in [1.165, 1.54) is 32.1 Å².